The summed E-state index contributed by atoms with van der Waals surface area (Å²) in [5.41, 5.74) is 2.54. The summed E-state index contributed by atoms with van der Waals surface area (Å²) in [5, 5.41) is 6.07. The van der Waals surface area contributed by atoms with Crippen molar-refractivity contribution in [3.05, 3.63) is 43.6 Å². The van der Waals surface area contributed by atoms with Gasteiger partial charge in [-0.3, -0.25) is 14.2 Å². The lowest BCUT2D eigenvalue weighted by molar-refractivity contribution is -0.116. The van der Waals surface area contributed by atoms with Gasteiger partial charge in [0.25, 0.3) is 5.56 Å². The topological polar surface area (TPSA) is 90.3 Å². The number of aryl methyl sites for hydroxylation is 3. The van der Waals surface area contributed by atoms with E-state index >= 15 is 0 Å². The van der Waals surface area contributed by atoms with E-state index in [2.05, 4.69) is 10.3 Å². The van der Waals surface area contributed by atoms with Crippen molar-refractivity contribution in [1.29, 1.82) is 0 Å². The van der Waals surface area contributed by atoms with Gasteiger partial charge in [0.2, 0.25) is 5.91 Å². The number of hydrogen-bond acceptors (Lipinski definition) is 7. The molecule has 32 heavy (non-hydrogen) atoms. The molecule has 5 rings (SSSR count). The molecule has 2 aliphatic rings. The highest BCUT2D eigenvalue weighted by Crippen LogP contribution is 2.46. The van der Waals surface area contributed by atoms with Crippen LogP contribution in [0.4, 0.5) is 5.00 Å². The second kappa shape index (κ2) is 8.78. The number of esters is 1. The average Bonchev–Trinajstić information content (AvgIpc) is 3.43. The van der Waals surface area contributed by atoms with Crippen LogP contribution in [0.15, 0.2) is 16.5 Å². The van der Waals surface area contributed by atoms with E-state index in [1.807, 2.05) is 5.38 Å². The number of nitrogens with one attached hydrogen (secondary N) is 1. The molecule has 0 spiro atoms. The number of carbonyl (C=O) groups is 2. The minimum Gasteiger partial charge on any atom is -0.462 e. The largest absolute Gasteiger partial charge is 0.462 e. The maximum absolute atomic E-state index is 13.1. The maximum Gasteiger partial charge on any atom is 0.341 e. The van der Waals surface area contributed by atoms with Gasteiger partial charge in [0, 0.05) is 17.8 Å². The molecule has 1 saturated carbocycles. The summed E-state index contributed by atoms with van der Waals surface area (Å²) in [4.78, 5) is 44.8. The summed E-state index contributed by atoms with van der Waals surface area (Å²) in [6, 6.07) is 0. The molecule has 0 aliphatic heterocycles. The van der Waals surface area contributed by atoms with Gasteiger partial charge in [-0.25, -0.2) is 9.78 Å². The number of fused-ring (bicyclic) bond motifs is 3. The molecule has 1 N–H and O–H groups in total. The molecule has 9 heteroatoms. The minimum absolute atomic E-state index is 0.0680. The van der Waals surface area contributed by atoms with E-state index in [9.17, 15) is 14.4 Å². The first kappa shape index (κ1) is 21.3. The van der Waals surface area contributed by atoms with Crippen molar-refractivity contribution in [2.24, 2.45) is 0 Å². The van der Waals surface area contributed by atoms with Crippen LogP contribution in [0.1, 0.15) is 71.3 Å². The van der Waals surface area contributed by atoms with Crippen molar-refractivity contribution in [3.8, 4) is 0 Å². The average molecular weight is 472 g/mol. The van der Waals surface area contributed by atoms with Crippen molar-refractivity contribution >= 4 is 49.8 Å². The van der Waals surface area contributed by atoms with E-state index in [-0.39, 0.29) is 37.0 Å². The first-order valence-corrected chi connectivity index (χ1v) is 12.8. The van der Waals surface area contributed by atoms with Crippen LogP contribution in [0.3, 0.4) is 0 Å². The van der Waals surface area contributed by atoms with E-state index in [0.717, 1.165) is 59.9 Å². The summed E-state index contributed by atoms with van der Waals surface area (Å²) >= 11 is 2.98. The van der Waals surface area contributed by atoms with Gasteiger partial charge < -0.3 is 10.1 Å². The van der Waals surface area contributed by atoms with Gasteiger partial charge in [-0.2, -0.15) is 0 Å². The first-order valence-electron chi connectivity index (χ1n) is 11.1. The fourth-order valence-corrected chi connectivity index (χ4v) is 6.59. The highest BCUT2D eigenvalue weighted by molar-refractivity contribution is 7.18. The molecule has 3 aromatic rings. The van der Waals surface area contributed by atoms with Gasteiger partial charge in [-0.05, 0) is 67.9 Å². The molecule has 0 bridgehead atoms. The molecule has 7 nitrogen and oxygen atoms in total. The predicted octanol–water partition coefficient (Wildman–Crippen LogP) is 4.48. The number of nitrogens with zero attached hydrogens (tertiary/aromatic N) is 2. The fourth-order valence-electron chi connectivity index (χ4n) is 4.32. The third kappa shape index (κ3) is 3.99. The summed E-state index contributed by atoms with van der Waals surface area (Å²) in [5.74, 6) is -0.248. The Morgan fingerprint density at radius 3 is 2.88 bits per heavy atom. The van der Waals surface area contributed by atoms with Crippen molar-refractivity contribution in [2.45, 2.75) is 64.3 Å². The number of aromatic nitrogens is 2. The summed E-state index contributed by atoms with van der Waals surface area (Å²) in [6.07, 6.45) is 7.98. The molecule has 3 aromatic heterocycles. The lowest BCUT2D eigenvalue weighted by atomic mass is 9.97. The number of thiophene rings is 2. The molecule has 2 aliphatic carbocycles. The van der Waals surface area contributed by atoms with E-state index in [0.29, 0.717) is 16.5 Å². The Bertz CT molecular complexity index is 1250. The van der Waals surface area contributed by atoms with Gasteiger partial charge in [0.15, 0.2) is 0 Å². The molecule has 1 fully saturated rings. The van der Waals surface area contributed by atoms with Crippen LogP contribution in [0.25, 0.3) is 10.2 Å². The highest BCUT2D eigenvalue weighted by Gasteiger charge is 2.32. The number of anilines is 1. The Kier molecular flexibility index (Phi) is 5.86. The lowest BCUT2D eigenvalue weighted by Gasteiger charge is -2.11. The minimum atomic E-state index is -0.390. The van der Waals surface area contributed by atoms with Crippen LogP contribution in [-0.2, 0) is 28.9 Å². The van der Waals surface area contributed by atoms with E-state index in [1.54, 1.807) is 24.6 Å². The van der Waals surface area contributed by atoms with Crippen LogP contribution in [0.5, 0.6) is 0 Å². The Morgan fingerprint density at radius 2 is 2.09 bits per heavy atom. The SMILES string of the molecule is CCOC(=O)c1c(C2CC2)csc1NC(=O)CCn1cnc2sc3c(c2c1=O)CCCC3. The molecule has 1 amide bonds. The summed E-state index contributed by atoms with van der Waals surface area (Å²) in [6.45, 7) is 2.30. The third-order valence-corrected chi connectivity index (χ3v) is 8.20. The van der Waals surface area contributed by atoms with Crippen LogP contribution < -0.4 is 10.9 Å². The van der Waals surface area contributed by atoms with Crippen LogP contribution in [0.2, 0.25) is 0 Å². The zero-order valence-electron chi connectivity index (χ0n) is 17.9. The number of ether oxygens (including phenoxy) is 1. The zero-order chi connectivity index (χ0) is 22.2. The second-order valence-corrected chi connectivity index (χ2v) is 10.3. The Balaban J connectivity index is 1.32. The first-order chi connectivity index (χ1) is 15.6. The monoisotopic (exact) mass is 471 g/mol. The smallest absolute Gasteiger partial charge is 0.341 e. The lowest BCUT2D eigenvalue weighted by Crippen LogP contribution is -2.24. The van der Waals surface area contributed by atoms with E-state index in [4.69, 9.17) is 4.74 Å². The van der Waals surface area contributed by atoms with Gasteiger partial charge in [-0.15, -0.1) is 22.7 Å². The number of amides is 1. The summed E-state index contributed by atoms with van der Waals surface area (Å²) < 4.78 is 6.74. The highest BCUT2D eigenvalue weighted by atomic mass is 32.1. The van der Waals surface area contributed by atoms with Gasteiger partial charge >= 0.3 is 5.97 Å². The summed E-state index contributed by atoms with van der Waals surface area (Å²) in [7, 11) is 0. The number of hydrogen-bond donors (Lipinski definition) is 1. The maximum atomic E-state index is 13.1. The van der Waals surface area contributed by atoms with Crippen molar-refractivity contribution < 1.29 is 14.3 Å². The molecule has 3 heterocycles. The number of carbonyl (C=O) groups excluding carboxylic acids is 2. The van der Waals surface area contributed by atoms with Crippen molar-refractivity contribution in [2.75, 3.05) is 11.9 Å². The number of rotatable bonds is 7. The standard InChI is InChI=1S/C23H25N3O4S2/c1-2-30-23(29)19-15(13-7-8-13)11-31-21(19)25-17(27)9-10-26-12-24-20-18(22(26)28)14-5-3-4-6-16(14)32-20/h11-13H,2-10H2,1H3,(H,25,27). The Hall–Kier alpha value is -2.52. The zero-order valence-corrected chi connectivity index (χ0v) is 19.6. The Labute approximate surface area is 193 Å². The van der Waals surface area contributed by atoms with Gasteiger partial charge in [0.1, 0.15) is 9.83 Å². The van der Waals surface area contributed by atoms with E-state index < -0.39 is 0 Å². The van der Waals surface area contributed by atoms with Gasteiger partial charge in [-0.1, -0.05) is 0 Å². The normalized spacial score (nSPS) is 15.5. The van der Waals surface area contributed by atoms with Gasteiger partial charge in [0.05, 0.1) is 23.9 Å². The molecule has 168 valence electrons. The molecular weight excluding hydrogens is 446 g/mol. The molecule has 0 radical (unpaired) electrons. The quantitative estimate of drug-likeness (QED) is 0.513. The van der Waals surface area contributed by atoms with Crippen molar-refractivity contribution in [1.82, 2.24) is 9.55 Å². The third-order valence-electron chi connectivity index (χ3n) is 6.09. The molecule has 0 unspecified atom stereocenters. The fraction of sp³-hybridized carbons (Fsp3) is 0.478. The Morgan fingerprint density at radius 1 is 1.28 bits per heavy atom. The second-order valence-electron chi connectivity index (χ2n) is 8.32. The molecular formula is C23H25N3O4S2. The molecule has 0 atom stereocenters. The molecule has 0 aromatic carbocycles. The predicted molar refractivity (Wildman–Crippen MR) is 126 cm³/mol. The van der Waals surface area contributed by atoms with Crippen molar-refractivity contribution in [3.63, 3.8) is 0 Å². The van der Waals surface area contributed by atoms with Crippen LogP contribution in [0, 0.1) is 0 Å². The van der Waals surface area contributed by atoms with Crippen LogP contribution in [-0.4, -0.2) is 28.0 Å². The van der Waals surface area contributed by atoms with E-state index in [1.165, 1.54) is 20.8 Å². The van der Waals surface area contributed by atoms with Crippen LogP contribution >= 0.6 is 22.7 Å². The molecule has 0 saturated heterocycles.